The molecular weight excluding hydrogens is 560 g/mol. The zero-order valence-electron chi connectivity index (χ0n) is 31.3. The van der Waals surface area contributed by atoms with E-state index in [0.29, 0.717) is 30.3 Å². The molecule has 266 valence electrons. The van der Waals surface area contributed by atoms with Crippen molar-refractivity contribution in [3.05, 3.63) is 0 Å². The van der Waals surface area contributed by atoms with Crippen LogP contribution < -0.4 is 0 Å². The first kappa shape index (κ1) is 49.9. The molecule has 4 heterocycles. The lowest BCUT2D eigenvalue weighted by Gasteiger charge is -2.09. The summed E-state index contributed by atoms with van der Waals surface area (Å²) in [6.07, 6.45) is 4.61. The lowest BCUT2D eigenvalue weighted by molar-refractivity contribution is 0.120. The van der Waals surface area contributed by atoms with Crippen LogP contribution in [0.1, 0.15) is 116 Å². The molecule has 8 atom stereocenters. The number of thioether (sulfide) groups is 1. The van der Waals surface area contributed by atoms with Gasteiger partial charge in [0.2, 0.25) is 0 Å². The van der Waals surface area contributed by atoms with Crippen molar-refractivity contribution in [2.45, 2.75) is 140 Å². The van der Waals surface area contributed by atoms with Crippen molar-refractivity contribution in [2.24, 2.45) is 23.7 Å². The molecule has 0 saturated carbocycles. The number of nitrogens with zero attached hydrogens (tertiary/aromatic N) is 2. The summed E-state index contributed by atoms with van der Waals surface area (Å²) in [6.45, 7) is 33.5. The molecule has 43 heavy (non-hydrogen) atoms. The van der Waals surface area contributed by atoms with Crippen LogP contribution in [0.2, 0.25) is 0 Å². The van der Waals surface area contributed by atoms with E-state index in [0.717, 1.165) is 50.8 Å². The molecule has 4 N–H and O–H groups in total. The molecule has 7 nitrogen and oxygen atoms in total. The van der Waals surface area contributed by atoms with E-state index in [9.17, 15) is 5.11 Å². The number of likely N-dealkylation sites (N-methyl/N-ethyl adjacent to an activating group) is 2. The number of aliphatic hydroxyl groups is 4. The Labute approximate surface area is 274 Å². The summed E-state index contributed by atoms with van der Waals surface area (Å²) in [5, 5.41) is 36.2. The minimum atomic E-state index is -0.208. The quantitative estimate of drug-likeness (QED) is 0.253. The summed E-state index contributed by atoms with van der Waals surface area (Å²) in [5.74, 6) is 3.91. The first-order valence-electron chi connectivity index (χ1n) is 17.5. The Kier molecular flexibility index (Phi) is 40.6. The predicted octanol–water partition coefficient (Wildman–Crippen LogP) is 6.66. The van der Waals surface area contributed by atoms with Crippen LogP contribution in [-0.4, -0.2) is 119 Å². The summed E-state index contributed by atoms with van der Waals surface area (Å²) in [7, 11) is 2.03. The van der Waals surface area contributed by atoms with Crippen molar-refractivity contribution in [2.75, 3.05) is 64.5 Å². The molecule has 4 saturated heterocycles. The molecule has 0 amide bonds. The Balaban J connectivity index is -0.000000211. The number of hydrogen-bond donors (Lipinski definition) is 4. The van der Waals surface area contributed by atoms with Crippen LogP contribution in [0.5, 0.6) is 0 Å². The van der Waals surface area contributed by atoms with Gasteiger partial charge in [-0.3, -0.25) is 0 Å². The molecule has 0 bridgehead atoms. The SMILES string of the molecule is CCC.CCC.CCC.CCC.CCN1C[C@@H](C)[C@H](O)C1.C[C@@H]1CN(C)C[C@H]1O.C[C@@H]1COC[C@H]1O.C[C@@H]1CSC[C@H]1O. The van der Waals surface area contributed by atoms with E-state index in [1.807, 2.05) is 25.7 Å². The molecule has 4 aliphatic rings. The summed E-state index contributed by atoms with van der Waals surface area (Å²) in [6, 6.07) is 0. The molecule has 4 aliphatic heterocycles. The van der Waals surface area contributed by atoms with E-state index in [-0.39, 0.29) is 24.4 Å². The van der Waals surface area contributed by atoms with Gasteiger partial charge >= 0.3 is 0 Å². The zero-order chi connectivity index (χ0) is 34.4. The van der Waals surface area contributed by atoms with Gasteiger partial charge in [0.15, 0.2) is 0 Å². The summed E-state index contributed by atoms with van der Waals surface area (Å²) in [5.41, 5.74) is 0. The predicted molar refractivity (Wildman–Crippen MR) is 192 cm³/mol. The zero-order valence-corrected chi connectivity index (χ0v) is 32.1. The highest BCUT2D eigenvalue weighted by Crippen LogP contribution is 2.22. The first-order valence-corrected chi connectivity index (χ1v) is 18.6. The maximum absolute atomic E-state index is 9.26. The van der Waals surface area contributed by atoms with Crippen LogP contribution in [0, 0.1) is 23.7 Å². The molecule has 0 unspecified atom stereocenters. The van der Waals surface area contributed by atoms with Gasteiger partial charge in [-0.15, -0.1) is 0 Å². The molecule has 0 aliphatic carbocycles. The molecule has 4 fully saturated rings. The van der Waals surface area contributed by atoms with Crippen molar-refractivity contribution in [3.63, 3.8) is 0 Å². The highest BCUT2D eigenvalue weighted by atomic mass is 32.2. The van der Waals surface area contributed by atoms with E-state index in [1.165, 1.54) is 25.7 Å². The lowest BCUT2D eigenvalue weighted by atomic mass is 10.1. The minimum Gasteiger partial charge on any atom is -0.392 e. The maximum Gasteiger partial charge on any atom is 0.0821 e. The Hall–Kier alpha value is 0.0700. The second-order valence-corrected chi connectivity index (χ2v) is 13.7. The van der Waals surface area contributed by atoms with Crippen molar-refractivity contribution >= 4 is 11.8 Å². The van der Waals surface area contributed by atoms with Crippen LogP contribution in [0.3, 0.4) is 0 Å². The number of β-amino-alcohol motifs (C(OH)–C–C–N with tert-alkyl or cyclic N) is 2. The Morgan fingerprint density at radius 2 is 0.977 bits per heavy atom. The normalized spacial score (nSPS) is 30.8. The molecule has 8 heteroatoms. The molecule has 0 radical (unpaired) electrons. The molecule has 4 rings (SSSR count). The van der Waals surface area contributed by atoms with Crippen molar-refractivity contribution in [3.8, 4) is 0 Å². The lowest BCUT2D eigenvalue weighted by Crippen LogP contribution is -2.21. The van der Waals surface area contributed by atoms with Gasteiger partial charge in [0.25, 0.3) is 0 Å². The third-order valence-corrected chi connectivity index (χ3v) is 7.84. The van der Waals surface area contributed by atoms with Crippen LogP contribution in [0.25, 0.3) is 0 Å². The topological polar surface area (TPSA) is 96.6 Å². The fraction of sp³-hybridized carbons (Fsp3) is 1.00. The van der Waals surface area contributed by atoms with Gasteiger partial charge in [0.1, 0.15) is 0 Å². The average molecular weight is 641 g/mol. The van der Waals surface area contributed by atoms with Gasteiger partial charge in [-0.05, 0) is 37.1 Å². The van der Waals surface area contributed by atoms with E-state index >= 15 is 0 Å². The third-order valence-electron chi connectivity index (χ3n) is 6.50. The van der Waals surface area contributed by atoms with Crippen molar-refractivity contribution in [1.82, 2.24) is 9.80 Å². The van der Waals surface area contributed by atoms with Crippen LogP contribution >= 0.6 is 11.8 Å². The maximum atomic E-state index is 9.26. The summed E-state index contributed by atoms with van der Waals surface area (Å²) in [4.78, 5) is 4.42. The average Bonchev–Trinajstić information content (AvgIpc) is 3.67. The number of ether oxygens (including phenoxy) is 1. The second-order valence-electron chi connectivity index (χ2n) is 12.7. The monoisotopic (exact) mass is 641 g/mol. The minimum absolute atomic E-state index is 0.0231. The van der Waals surface area contributed by atoms with Gasteiger partial charge < -0.3 is 35.0 Å². The largest absolute Gasteiger partial charge is 0.392 e. The smallest absolute Gasteiger partial charge is 0.0821 e. The highest BCUT2D eigenvalue weighted by Gasteiger charge is 2.26. The van der Waals surface area contributed by atoms with E-state index < -0.39 is 0 Å². The Morgan fingerprint density at radius 1 is 0.535 bits per heavy atom. The first-order chi connectivity index (χ1) is 20.2. The van der Waals surface area contributed by atoms with Gasteiger partial charge in [0.05, 0.1) is 37.6 Å². The molecule has 0 aromatic heterocycles. The van der Waals surface area contributed by atoms with Crippen molar-refractivity contribution < 1.29 is 25.2 Å². The Bertz CT molecular complexity index is 472. The van der Waals surface area contributed by atoms with Gasteiger partial charge in [-0.25, -0.2) is 0 Å². The van der Waals surface area contributed by atoms with Crippen molar-refractivity contribution in [1.29, 1.82) is 0 Å². The van der Waals surface area contributed by atoms with Crippen LogP contribution in [0.4, 0.5) is 0 Å². The fourth-order valence-electron chi connectivity index (χ4n) is 3.79. The number of aliphatic hydroxyl groups excluding tert-OH is 4. The van der Waals surface area contributed by atoms with Gasteiger partial charge in [-0.2, -0.15) is 11.8 Å². The number of rotatable bonds is 1. The second kappa shape index (κ2) is 34.9. The highest BCUT2D eigenvalue weighted by molar-refractivity contribution is 7.99. The van der Waals surface area contributed by atoms with Gasteiger partial charge in [0, 0.05) is 37.8 Å². The number of likely N-dealkylation sites (tertiary alicyclic amines) is 2. The van der Waals surface area contributed by atoms with E-state index in [2.05, 4.69) is 92.9 Å². The molecule has 0 aromatic rings. The number of hydrogen-bond acceptors (Lipinski definition) is 8. The summed E-state index contributed by atoms with van der Waals surface area (Å²) < 4.78 is 4.92. The van der Waals surface area contributed by atoms with Gasteiger partial charge in [-0.1, -0.05) is 116 Å². The molecular formula is C35H80N2O5S. The standard InChI is InChI=1S/C7H15NO.C6H13NO.C5H10O2.C5H10OS.4C3H8/c1-3-8-4-6(2)7(9)5-8;1-5-3-7(2)4-6(5)8;2*1-4-2-7-3-5(4)6;4*1-3-2/h6-7,9H,3-5H2,1-2H3;5-6,8H,3-4H2,1-2H3;2*4-6H,2-3H2,1H3;4*3H2,1-2H3/t6-,7-;5-,6-;2*4-,5-;;;;/m1111..../s1. The molecule has 0 spiro atoms. The Morgan fingerprint density at radius 3 is 1.09 bits per heavy atom. The van der Waals surface area contributed by atoms with E-state index in [1.54, 1.807) is 0 Å². The fourth-order valence-corrected chi connectivity index (χ4v) is 5.09. The third kappa shape index (κ3) is 31.8. The molecule has 0 aromatic carbocycles. The van der Waals surface area contributed by atoms with Crippen LogP contribution in [-0.2, 0) is 4.74 Å². The van der Waals surface area contributed by atoms with E-state index in [4.69, 9.17) is 20.1 Å². The van der Waals surface area contributed by atoms with Crippen LogP contribution in [0.15, 0.2) is 0 Å². The summed E-state index contributed by atoms with van der Waals surface area (Å²) >= 11 is 1.84.